The maximum atomic E-state index is 13.5. The smallest absolute Gasteiger partial charge is 0.407 e. The molecule has 3 rings (SSSR count). The Bertz CT molecular complexity index is 1080. The molecular formula is C28H35N3O6. The molecule has 2 aromatic rings. The molecule has 3 amide bonds. The SMILES string of the molecule is CCOC(=O)[C@H](Cc1ccccc1)NC(=O)[C@@H]1C[C@H](NC(=O)OC(C)(C)C)CN1C(=O)c1ccccc1. The van der Waals surface area contributed by atoms with Crippen LogP contribution in [0.2, 0.25) is 0 Å². The molecule has 1 heterocycles. The quantitative estimate of drug-likeness (QED) is 0.529. The van der Waals surface area contributed by atoms with Gasteiger partial charge in [0, 0.05) is 18.5 Å². The zero-order valence-electron chi connectivity index (χ0n) is 21.7. The average molecular weight is 510 g/mol. The van der Waals surface area contributed by atoms with Crippen LogP contribution in [0, 0.1) is 0 Å². The minimum absolute atomic E-state index is 0.119. The second-order valence-electron chi connectivity index (χ2n) is 9.92. The second-order valence-corrected chi connectivity index (χ2v) is 9.92. The van der Waals surface area contributed by atoms with Gasteiger partial charge in [0.1, 0.15) is 17.7 Å². The number of likely N-dealkylation sites (tertiary alicyclic amines) is 1. The van der Waals surface area contributed by atoms with E-state index in [9.17, 15) is 19.2 Å². The number of esters is 1. The molecule has 2 aromatic carbocycles. The van der Waals surface area contributed by atoms with E-state index in [0.29, 0.717) is 5.56 Å². The molecule has 9 nitrogen and oxygen atoms in total. The molecule has 2 N–H and O–H groups in total. The number of rotatable bonds is 8. The van der Waals surface area contributed by atoms with Gasteiger partial charge in [0.25, 0.3) is 5.91 Å². The summed E-state index contributed by atoms with van der Waals surface area (Å²) in [7, 11) is 0. The normalized spacial score (nSPS) is 18.0. The highest BCUT2D eigenvalue weighted by Crippen LogP contribution is 2.22. The Hall–Kier alpha value is -3.88. The summed E-state index contributed by atoms with van der Waals surface area (Å²) in [4.78, 5) is 53.3. The van der Waals surface area contributed by atoms with Crippen LogP contribution in [0.4, 0.5) is 4.79 Å². The van der Waals surface area contributed by atoms with Crippen molar-refractivity contribution in [1.29, 1.82) is 0 Å². The summed E-state index contributed by atoms with van der Waals surface area (Å²) in [6.07, 6.45) is -0.214. The minimum atomic E-state index is -0.929. The van der Waals surface area contributed by atoms with E-state index in [2.05, 4.69) is 10.6 Å². The lowest BCUT2D eigenvalue weighted by Crippen LogP contribution is -2.51. The fourth-order valence-corrected chi connectivity index (χ4v) is 4.19. The van der Waals surface area contributed by atoms with Crippen molar-refractivity contribution in [1.82, 2.24) is 15.5 Å². The summed E-state index contributed by atoms with van der Waals surface area (Å²) in [5.74, 6) is -1.39. The molecule has 1 aliphatic rings. The van der Waals surface area contributed by atoms with Gasteiger partial charge in [-0.05, 0) is 51.8 Å². The van der Waals surface area contributed by atoms with Gasteiger partial charge in [-0.25, -0.2) is 9.59 Å². The zero-order valence-corrected chi connectivity index (χ0v) is 21.7. The molecular weight excluding hydrogens is 474 g/mol. The molecule has 37 heavy (non-hydrogen) atoms. The van der Waals surface area contributed by atoms with E-state index in [1.807, 2.05) is 30.3 Å². The topological polar surface area (TPSA) is 114 Å². The second kappa shape index (κ2) is 12.4. The number of alkyl carbamates (subject to hydrolysis) is 1. The Balaban J connectivity index is 1.80. The number of amides is 3. The van der Waals surface area contributed by atoms with Gasteiger partial charge < -0.3 is 25.0 Å². The number of hydrogen-bond donors (Lipinski definition) is 2. The average Bonchev–Trinajstić information content (AvgIpc) is 3.27. The van der Waals surface area contributed by atoms with Crippen molar-refractivity contribution in [3.05, 3.63) is 71.8 Å². The molecule has 1 saturated heterocycles. The van der Waals surface area contributed by atoms with Gasteiger partial charge in [-0.1, -0.05) is 48.5 Å². The third-order valence-electron chi connectivity index (χ3n) is 5.78. The first-order valence-corrected chi connectivity index (χ1v) is 12.4. The van der Waals surface area contributed by atoms with Crippen LogP contribution in [0.1, 0.15) is 50.0 Å². The Morgan fingerprint density at radius 2 is 1.62 bits per heavy atom. The standard InChI is InChI=1S/C28H35N3O6/c1-5-36-26(34)22(16-19-12-8-6-9-13-19)30-24(32)23-17-21(29-27(35)37-28(2,3)4)18-31(23)25(33)20-14-10-7-11-15-20/h6-15,21-23H,5,16-18H2,1-4H3,(H,29,35)(H,30,32)/t21-,22-,23-/m0/s1. The lowest BCUT2D eigenvalue weighted by atomic mass is 10.0. The van der Waals surface area contributed by atoms with Crippen LogP contribution in [0.5, 0.6) is 0 Å². The Morgan fingerprint density at radius 3 is 2.22 bits per heavy atom. The number of hydrogen-bond acceptors (Lipinski definition) is 6. The number of ether oxygens (including phenoxy) is 2. The highest BCUT2D eigenvalue weighted by molar-refractivity contribution is 5.98. The lowest BCUT2D eigenvalue weighted by Gasteiger charge is -2.26. The van der Waals surface area contributed by atoms with Gasteiger partial charge in [-0.2, -0.15) is 0 Å². The van der Waals surface area contributed by atoms with E-state index >= 15 is 0 Å². The maximum Gasteiger partial charge on any atom is 0.407 e. The van der Waals surface area contributed by atoms with E-state index in [1.165, 1.54) is 4.90 Å². The molecule has 3 atom stereocenters. The Kier molecular flexibility index (Phi) is 9.27. The van der Waals surface area contributed by atoms with E-state index < -0.39 is 41.7 Å². The fraction of sp³-hybridized carbons (Fsp3) is 0.429. The number of nitrogens with one attached hydrogen (secondary N) is 2. The summed E-state index contributed by atoms with van der Waals surface area (Å²) in [6.45, 7) is 7.25. The predicted octanol–water partition coefficient (Wildman–Crippen LogP) is 3.09. The molecule has 0 aliphatic carbocycles. The first kappa shape index (κ1) is 27.7. The van der Waals surface area contributed by atoms with Crippen molar-refractivity contribution < 1.29 is 28.7 Å². The van der Waals surface area contributed by atoms with Crippen molar-refractivity contribution in [2.75, 3.05) is 13.2 Å². The van der Waals surface area contributed by atoms with E-state index in [-0.39, 0.29) is 31.9 Å². The fourth-order valence-electron chi connectivity index (χ4n) is 4.19. The summed E-state index contributed by atoms with van der Waals surface area (Å²) < 4.78 is 10.5. The van der Waals surface area contributed by atoms with E-state index in [1.54, 1.807) is 58.0 Å². The van der Waals surface area contributed by atoms with Gasteiger partial charge in [-0.3, -0.25) is 9.59 Å². The molecule has 0 aromatic heterocycles. The highest BCUT2D eigenvalue weighted by Gasteiger charge is 2.42. The first-order valence-electron chi connectivity index (χ1n) is 12.4. The molecule has 0 spiro atoms. The minimum Gasteiger partial charge on any atom is -0.464 e. The third-order valence-corrected chi connectivity index (χ3v) is 5.78. The predicted molar refractivity (Wildman–Crippen MR) is 138 cm³/mol. The van der Waals surface area contributed by atoms with Crippen molar-refractivity contribution in [2.45, 2.75) is 64.3 Å². The molecule has 0 saturated carbocycles. The van der Waals surface area contributed by atoms with E-state index in [4.69, 9.17) is 9.47 Å². The van der Waals surface area contributed by atoms with Crippen molar-refractivity contribution >= 4 is 23.9 Å². The number of carbonyl (C=O) groups excluding carboxylic acids is 4. The highest BCUT2D eigenvalue weighted by atomic mass is 16.6. The monoisotopic (exact) mass is 509 g/mol. The lowest BCUT2D eigenvalue weighted by molar-refractivity contribution is -0.147. The summed E-state index contributed by atoms with van der Waals surface area (Å²) in [5, 5.41) is 5.56. The van der Waals surface area contributed by atoms with Crippen LogP contribution in [0.3, 0.4) is 0 Å². The number of carbonyl (C=O) groups is 4. The number of nitrogens with zero attached hydrogens (tertiary/aromatic N) is 1. The third kappa shape index (κ3) is 8.06. The van der Waals surface area contributed by atoms with Crippen LogP contribution in [0.25, 0.3) is 0 Å². The maximum absolute atomic E-state index is 13.5. The molecule has 0 bridgehead atoms. The number of benzene rings is 2. The summed E-state index contributed by atoms with van der Waals surface area (Å²) >= 11 is 0. The van der Waals surface area contributed by atoms with Crippen LogP contribution in [-0.4, -0.2) is 65.7 Å². The van der Waals surface area contributed by atoms with Crippen LogP contribution in [-0.2, 0) is 25.5 Å². The van der Waals surface area contributed by atoms with E-state index in [0.717, 1.165) is 5.56 Å². The van der Waals surface area contributed by atoms with Crippen LogP contribution in [0.15, 0.2) is 60.7 Å². The summed E-state index contributed by atoms with van der Waals surface area (Å²) in [5.41, 5.74) is 0.585. The van der Waals surface area contributed by atoms with Crippen molar-refractivity contribution in [3.63, 3.8) is 0 Å². The van der Waals surface area contributed by atoms with Crippen molar-refractivity contribution in [3.8, 4) is 0 Å². The zero-order chi connectivity index (χ0) is 27.0. The van der Waals surface area contributed by atoms with Gasteiger partial charge in [0.2, 0.25) is 5.91 Å². The van der Waals surface area contributed by atoms with Crippen molar-refractivity contribution in [2.24, 2.45) is 0 Å². The Morgan fingerprint density at radius 1 is 1.00 bits per heavy atom. The first-order chi connectivity index (χ1) is 17.6. The summed E-state index contributed by atoms with van der Waals surface area (Å²) in [6, 6.07) is 15.6. The van der Waals surface area contributed by atoms with Gasteiger partial charge >= 0.3 is 12.1 Å². The molecule has 1 fully saturated rings. The van der Waals surface area contributed by atoms with Crippen LogP contribution >= 0.6 is 0 Å². The van der Waals surface area contributed by atoms with Gasteiger partial charge in [0.15, 0.2) is 0 Å². The molecule has 0 unspecified atom stereocenters. The molecule has 198 valence electrons. The molecule has 0 radical (unpaired) electrons. The molecule has 9 heteroatoms. The molecule has 1 aliphatic heterocycles. The van der Waals surface area contributed by atoms with Gasteiger partial charge in [-0.15, -0.1) is 0 Å². The van der Waals surface area contributed by atoms with Crippen LogP contribution < -0.4 is 10.6 Å². The largest absolute Gasteiger partial charge is 0.464 e. The van der Waals surface area contributed by atoms with Gasteiger partial charge in [0.05, 0.1) is 12.6 Å². The Labute approximate surface area is 217 Å².